The zero-order valence-electron chi connectivity index (χ0n) is 11.6. The van der Waals surface area contributed by atoms with Crippen molar-refractivity contribution in [1.82, 2.24) is 10.6 Å². The van der Waals surface area contributed by atoms with Crippen molar-refractivity contribution >= 4 is 12.2 Å². The monoisotopic (exact) mass is 242 g/mol. The Kier molecular flexibility index (Phi) is 7.79. The second kappa shape index (κ2) is 8.23. The Labute approximate surface area is 105 Å². The van der Waals surface area contributed by atoms with Gasteiger partial charge in [0.2, 0.25) is 5.91 Å². The number of hydrogen-bond acceptors (Lipinski definition) is 3. The van der Waals surface area contributed by atoms with Crippen LogP contribution in [0.25, 0.3) is 0 Å². The van der Waals surface area contributed by atoms with Gasteiger partial charge in [-0.2, -0.15) is 0 Å². The first-order valence-corrected chi connectivity index (χ1v) is 6.39. The zero-order valence-corrected chi connectivity index (χ0v) is 11.6. The molecule has 17 heavy (non-hydrogen) atoms. The van der Waals surface area contributed by atoms with E-state index in [0.29, 0.717) is 12.3 Å². The number of carbonyl (C=O) groups is 2. The number of likely N-dealkylation sites (N-methyl/N-ethyl adjacent to an activating group) is 1. The van der Waals surface area contributed by atoms with Gasteiger partial charge in [-0.1, -0.05) is 34.1 Å². The number of carbonyl (C=O) groups excluding carboxylic acids is 2. The van der Waals surface area contributed by atoms with Crippen molar-refractivity contribution in [2.24, 2.45) is 11.8 Å². The van der Waals surface area contributed by atoms with Gasteiger partial charge in [0.1, 0.15) is 6.29 Å². The van der Waals surface area contributed by atoms with Crippen LogP contribution < -0.4 is 10.6 Å². The average Bonchev–Trinajstić information content (AvgIpc) is 2.28. The molecule has 0 aliphatic heterocycles. The lowest BCUT2D eigenvalue weighted by Gasteiger charge is -2.24. The van der Waals surface area contributed by atoms with Crippen molar-refractivity contribution in [3.05, 3.63) is 0 Å². The first-order chi connectivity index (χ1) is 7.96. The van der Waals surface area contributed by atoms with Crippen LogP contribution in [0.4, 0.5) is 0 Å². The number of hydrogen-bond donors (Lipinski definition) is 2. The van der Waals surface area contributed by atoms with Gasteiger partial charge >= 0.3 is 0 Å². The molecule has 100 valence electrons. The van der Waals surface area contributed by atoms with E-state index in [-0.39, 0.29) is 23.9 Å². The van der Waals surface area contributed by atoms with Crippen molar-refractivity contribution in [3.8, 4) is 0 Å². The van der Waals surface area contributed by atoms with Gasteiger partial charge in [-0.25, -0.2) is 0 Å². The molecule has 0 saturated heterocycles. The van der Waals surface area contributed by atoms with E-state index in [9.17, 15) is 9.59 Å². The molecule has 4 heteroatoms. The first-order valence-electron chi connectivity index (χ1n) is 6.39. The highest BCUT2D eigenvalue weighted by atomic mass is 16.2. The summed E-state index contributed by atoms with van der Waals surface area (Å²) in [6.07, 6.45) is 2.43. The molecule has 0 aromatic heterocycles. The lowest BCUT2D eigenvalue weighted by molar-refractivity contribution is -0.127. The summed E-state index contributed by atoms with van der Waals surface area (Å²) in [5, 5.41) is 5.80. The Bertz CT molecular complexity index is 242. The minimum Gasteiger partial charge on any atom is -0.345 e. The summed E-state index contributed by atoms with van der Waals surface area (Å²) < 4.78 is 0. The highest BCUT2D eigenvalue weighted by Crippen LogP contribution is 2.09. The summed E-state index contributed by atoms with van der Waals surface area (Å²) in [6.45, 7) is 8.15. The second-order valence-electron chi connectivity index (χ2n) is 5.03. The minimum absolute atomic E-state index is 0.0837. The summed E-state index contributed by atoms with van der Waals surface area (Å²) in [5.41, 5.74) is 0. The van der Waals surface area contributed by atoms with E-state index in [1.165, 1.54) is 0 Å². The standard InChI is InChI=1S/C13H26N2O2/c1-6-10(4)12(14-5)13(17)15-11(8-16)7-9(2)3/h8-12,14H,6-7H2,1-5H3,(H,15,17)/t10-,11?,12-/m0/s1. The third-order valence-corrected chi connectivity index (χ3v) is 3.02. The summed E-state index contributed by atoms with van der Waals surface area (Å²) in [7, 11) is 1.77. The van der Waals surface area contributed by atoms with Crippen LogP contribution in [0.2, 0.25) is 0 Å². The summed E-state index contributed by atoms with van der Waals surface area (Å²) in [6, 6.07) is -0.600. The van der Waals surface area contributed by atoms with E-state index in [2.05, 4.69) is 10.6 Å². The van der Waals surface area contributed by atoms with E-state index < -0.39 is 0 Å². The topological polar surface area (TPSA) is 58.2 Å². The largest absolute Gasteiger partial charge is 0.345 e. The van der Waals surface area contributed by atoms with Crippen LogP contribution in [0, 0.1) is 11.8 Å². The van der Waals surface area contributed by atoms with Crippen molar-refractivity contribution in [2.45, 2.75) is 52.6 Å². The molecule has 4 nitrogen and oxygen atoms in total. The second-order valence-corrected chi connectivity index (χ2v) is 5.03. The van der Waals surface area contributed by atoms with Crippen molar-refractivity contribution in [1.29, 1.82) is 0 Å². The molecule has 0 rings (SSSR count). The SMILES string of the molecule is CC[C@H](C)[C@H](NC)C(=O)NC(C=O)CC(C)C. The summed E-state index contributed by atoms with van der Waals surface area (Å²) in [4.78, 5) is 22.9. The van der Waals surface area contributed by atoms with Crippen LogP contribution >= 0.6 is 0 Å². The normalized spacial score (nSPS) is 16.4. The van der Waals surface area contributed by atoms with E-state index in [1.807, 2.05) is 27.7 Å². The molecule has 0 aliphatic rings. The summed E-state index contributed by atoms with van der Waals surface area (Å²) in [5.74, 6) is 0.563. The number of aldehydes is 1. The smallest absolute Gasteiger partial charge is 0.237 e. The third-order valence-electron chi connectivity index (χ3n) is 3.02. The van der Waals surface area contributed by atoms with Gasteiger partial charge in [0.15, 0.2) is 0 Å². The Morgan fingerprint density at radius 3 is 2.24 bits per heavy atom. The number of rotatable bonds is 8. The fourth-order valence-corrected chi connectivity index (χ4v) is 1.84. The summed E-state index contributed by atoms with van der Waals surface area (Å²) >= 11 is 0. The molecule has 0 saturated carbocycles. The predicted molar refractivity (Wildman–Crippen MR) is 69.8 cm³/mol. The van der Waals surface area contributed by atoms with Crippen LogP contribution in [-0.4, -0.2) is 31.3 Å². The van der Waals surface area contributed by atoms with Gasteiger partial charge in [-0.15, -0.1) is 0 Å². The van der Waals surface area contributed by atoms with Gasteiger partial charge in [-0.05, 0) is 25.3 Å². The minimum atomic E-state index is -0.373. The van der Waals surface area contributed by atoms with E-state index in [4.69, 9.17) is 0 Å². The molecular weight excluding hydrogens is 216 g/mol. The first kappa shape index (κ1) is 16.1. The highest BCUT2D eigenvalue weighted by Gasteiger charge is 2.24. The average molecular weight is 242 g/mol. The molecule has 0 radical (unpaired) electrons. The zero-order chi connectivity index (χ0) is 13.4. The molecule has 0 aromatic rings. The molecule has 1 amide bonds. The van der Waals surface area contributed by atoms with Gasteiger partial charge in [-0.3, -0.25) is 4.79 Å². The number of nitrogens with one attached hydrogen (secondary N) is 2. The Hall–Kier alpha value is -0.900. The van der Waals surface area contributed by atoms with E-state index in [1.54, 1.807) is 7.05 Å². The van der Waals surface area contributed by atoms with Crippen LogP contribution in [-0.2, 0) is 9.59 Å². The van der Waals surface area contributed by atoms with Gasteiger partial charge < -0.3 is 15.4 Å². The maximum atomic E-state index is 12.0. The molecule has 1 unspecified atom stereocenters. The lowest BCUT2D eigenvalue weighted by atomic mass is 9.97. The maximum Gasteiger partial charge on any atom is 0.237 e. The van der Waals surface area contributed by atoms with Crippen molar-refractivity contribution < 1.29 is 9.59 Å². The Balaban J connectivity index is 4.42. The molecule has 0 aliphatic carbocycles. The van der Waals surface area contributed by atoms with Crippen LogP contribution in [0.5, 0.6) is 0 Å². The predicted octanol–water partition coefficient (Wildman–Crippen LogP) is 1.35. The van der Waals surface area contributed by atoms with Gasteiger partial charge in [0.05, 0.1) is 12.1 Å². The molecule has 3 atom stereocenters. The Morgan fingerprint density at radius 2 is 1.88 bits per heavy atom. The Morgan fingerprint density at radius 1 is 1.29 bits per heavy atom. The third kappa shape index (κ3) is 5.82. The van der Waals surface area contributed by atoms with E-state index >= 15 is 0 Å². The fraction of sp³-hybridized carbons (Fsp3) is 0.846. The highest BCUT2D eigenvalue weighted by molar-refractivity contribution is 5.84. The molecule has 0 spiro atoms. The fourth-order valence-electron chi connectivity index (χ4n) is 1.84. The van der Waals surface area contributed by atoms with Crippen molar-refractivity contribution in [3.63, 3.8) is 0 Å². The maximum absolute atomic E-state index is 12.0. The van der Waals surface area contributed by atoms with E-state index in [0.717, 1.165) is 12.7 Å². The molecule has 0 bridgehead atoms. The van der Waals surface area contributed by atoms with Crippen LogP contribution in [0.1, 0.15) is 40.5 Å². The number of amides is 1. The van der Waals surface area contributed by atoms with Crippen LogP contribution in [0.15, 0.2) is 0 Å². The molecule has 0 fully saturated rings. The van der Waals surface area contributed by atoms with Gasteiger partial charge in [0, 0.05) is 0 Å². The van der Waals surface area contributed by atoms with Gasteiger partial charge in [0.25, 0.3) is 0 Å². The van der Waals surface area contributed by atoms with Crippen LogP contribution in [0.3, 0.4) is 0 Å². The quantitative estimate of drug-likeness (QED) is 0.632. The lowest BCUT2D eigenvalue weighted by Crippen LogP contribution is -2.50. The molecule has 2 N–H and O–H groups in total. The molecule has 0 aromatic carbocycles. The molecule has 0 heterocycles. The van der Waals surface area contributed by atoms with Crippen molar-refractivity contribution in [2.75, 3.05) is 7.05 Å². The molecular formula is C13H26N2O2.